The molecule has 1 aliphatic rings. The summed E-state index contributed by atoms with van der Waals surface area (Å²) >= 11 is 0. The van der Waals surface area contributed by atoms with E-state index in [1.54, 1.807) is 12.1 Å². The van der Waals surface area contributed by atoms with E-state index in [-0.39, 0.29) is 42.8 Å². The molecule has 1 aromatic carbocycles. The molecule has 1 fully saturated rings. The smallest absolute Gasteiger partial charge is 0.317 e. The summed E-state index contributed by atoms with van der Waals surface area (Å²) in [6.07, 6.45) is 1.64. The van der Waals surface area contributed by atoms with Crippen LogP contribution in [0, 0.1) is 5.82 Å². The Morgan fingerprint density at radius 3 is 2.60 bits per heavy atom. The molecule has 1 aliphatic heterocycles. The number of hydrogen-bond donors (Lipinski definition) is 2. The average Bonchev–Trinajstić information content (AvgIpc) is 2.53. The van der Waals surface area contributed by atoms with Crippen LogP contribution in [-0.4, -0.2) is 65.5 Å². The van der Waals surface area contributed by atoms with Crippen molar-refractivity contribution in [2.75, 3.05) is 32.0 Å². The summed E-state index contributed by atoms with van der Waals surface area (Å²) in [5.41, 5.74) is 0.447. The second-order valence-corrected chi connectivity index (χ2v) is 6.25. The monoisotopic (exact) mass is 373 g/mol. The summed E-state index contributed by atoms with van der Waals surface area (Å²) in [5.74, 6) is -1.39. The van der Waals surface area contributed by atoms with Crippen LogP contribution in [0.3, 0.4) is 0 Å². The van der Waals surface area contributed by atoms with E-state index < -0.39 is 5.97 Å². The van der Waals surface area contributed by atoms with E-state index in [0.29, 0.717) is 5.69 Å². The molecule has 140 valence electrons. The van der Waals surface area contributed by atoms with E-state index in [2.05, 4.69) is 10.2 Å². The first-order valence-corrected chi connectivity index (χ1v) is 8.09. The first-order chi connectivity index (χ1) is 11.4. The van der Waals surface area contributed by atoms with Crippen molar-refractivity contribution in [3.8, 4) is 0 Å². The number of carbonyl (C=O) groups excluding carboxylic acids is 1. The molecule has 1 unspecified atom stereocenters. The highest BCUT2D eigenvalue weighted by Crippen LogP contribution is 2.18. The van der Waals surface area contributed by atoms with Crippen LogP contribution < -0.4 is 5.32 Å². The number of carbonyl (C=O) groups is 2. The lowest BCUT2D eigenvalue weighted by Gasteiger charge is -2.38. The molecular formula is C17H25ClFN3O3. The second-order valence-electron chi connectivity index (χ2n) is 6.25. The Hall–Kier alpha value is -1.70. The van der Waals surface area contributed by atoms with Gasteiger partial charge in [-0.3, -0.25) is 19.4 Å². The van der Waals surface area contributed by atoms with Gasteiger partial charge in [-0.2, -0.15) is 0 Å². The third kappa shape index (κ3) is 6.26. The minimum atomic E-state index is -0.831. The van der Waals surface area contributed by atoms with E-state index in [1.807, 2.05) is 18.9 Å². The number of nitrogens with one attached hydrogen (secondary N) is 1. The van der Waals surface area contributed by atoms with Crippen molar-refractivity contribution in [3.63, 3.8) is 0 Å². The molecule has 8 heteroatoms. The van der Waals surface area contributed by atoms with Crippen LogP contribution in [0.4, 0.5) is 10.1 Å². The normalized spacial score (nSPS) is 17.0. The molecule has 0 spiro atoms. The second kappa shape index (κ2) is 9.70. The molecule has 25 heavy (non-hydrogen) atoms. The predicted octanol–water partition coefficient (Wildman–Crippen LogP) is 2.06. The molecule has 0 aromatic heterocycles. The van der Waals surface area contributed by atoms with Crippen molar-refractivity contribution in [3.05, 3.63) is 30.1 Å². The maximum absolute atomic E-state index is 13.2. The standard InChI is InChI=1S/C17H24FN3O3.ClH/c1-12(17(24)19-14-5-3-4-13(18)10-14)21-8-6-15(7-9-21)20(2)11-16(22)23;/h3-5,10,12,15H,6-9,11H2,1-2H3,(H,19,24)(H,22,23);1H. The largest absolute Gasteiger partial charge is 0.480 e. The lowest BCUT2D eigenvalue weighted by molar-refractivity contribution is -0.138. The number of aliphatic carboxylic acids is 1. The Morgan fingerprint density at radius 1 is 1.40 bits per heavy atom. The van der Waals surface area contributed by atoms with Gasteiger partial charge in [0.15, 0.2) is 0 Å². The maximum Gasteiger partial charge on any atom is 0.317 e. The number of likely N-dealkylation sites (N-methyl/N-ethyl adjacent to an activating group) is 1. The zero-order valence-electron chi connectivity index (χ0n) is 14.4. The van der Waals surface area contributed by atoms with Crippen molar-refractivity contribution < 1.29 is 19.1 Å². The Labute approximate surface area is 153 Å². The topological polar surface area (TPSA) is 72.9 Å². The molecule has 1 heterocycles. The molecule has 6 nitrogen and oxygen atoms in total. The molecule has 0 saturated carbocycles. The number of amides is 1. The SMILES string of the molecule is CC(C(=O)Nc1cccc(F)c1)N1CCC(N(C)CC(=O)O)CC1.Cl. The van der Waals surface area contributed by atoms with Gasteiger partial charge in [0.2, 0.25) is 5.91 Å². The minimum Gasteiger partial charge on any atom is -0.480 e. The summed E-state index contributed by atoms with van der Waals surface area (Å²) < 4.78 is 13.2. The molecule has 1 saturated heterocycles. The van der Waals surface area contributed by atoms with Gasteiger partial charge >= 0.3 is 5.97 Å². The van der Waals surface area contributed by atoms with E-state index in [4.69, 9.17) is 5.11 Å². The third-order valence-corrected chi connectivity index (χ3v) is 4.53. The Balaban J connectivity index is 0.00000312. The zero-order chi connectivity index (χ0) is 17.7. The molecule has 0 radical (unpaired) electrons. The van der Waals surface area contributed by atoms with Crippen LogP contribution in [0.15, 0.2) is 24.3 Å². The molecule has 0 aliphatic carbocycles. The summed E-state index contributed by atoms with van der Waals surface area (Å²) in [6, 6.07) is 5.73. The lowest BCUT2D eigenvalue weighted by Crippen LogP contribution is -2.50. The maximum atomic E-state index is 13.2. The number of carboxylic acids is 1. The fourth-order valence-electron chi connectivity index (χ4n) is 3.04. The Kier molecular flexibility index (Phi) is 8.28. The highest BCUT2D eigenvalue weighted by molar-refractivity contribution is 5.94. The van der Waals surface area contributed by atoms with Crippen LogP contribution in [0.1, 0.15) is 19.8 Å². The number of anilines is 1. The summed E-state index contributed by atoms with van der Waals surface area (Å²) in [7, 11) is 1.81. The van der Waals surface area contributed by atoms with Crippen LogP contribution in [0.2, 0.25) is 0 Å². The highest BCUT2D eigenvalue weighted by Gasteiger charge is 2.28. The van der Waals surface area contributed by atoms with Crippen molar-refractivity contribution in [1.82, 2.24) is 9.80 Å². The Morgan fingerprint density at radius 2 is 2.04 bits per heavy atom. The summed E-state index contributed by atoms with van der Waals surface area (Å²) in [6.45, 7) is 3.31. The minimum absolute atomic E-state index is 0. The van der Waals surface area contributed by atoms with E-state index in [0.717, 1.165) is 25.9 Å². The number of rotatable bonds is 6. The molecule has 1 amide bonds. The average molecular weight is 374 g/mol. The predicted molar refractivity (Wildman–Crippen MR) is 96.6 cm³/mol. The van der Waals surface area contributed by atoms with Crippen LogP contribution in [-0.2, 0) is 9.59 Å². The van der Waals surface area contributed by atoms with Gasteiger partial charge < -0.3 is 10.4 Å². The lowest BCUT2D eigenvalue weighted by atomic mass is 10.0. The highest BCUT2D eigenvalue weighted by atomic mass is 35.5. The van der Waals surface area contributed by atoms with Crippen LogP contribution >= 0.6 is 12.4 Å². The van der Waals surface area contributed by atoms with Crippen LogP contribution in [0.25, 0.3) is 0 Å². The van der Waals surface area contributed by atoms with E-state index in [9.17, 15) is 14.0 Å². The number of likely N-dealkylation sites (tertiary alicyclic amines) is 1. The first kappa shape index (κ1) is 21.3. The number of piperidine rings is 1. The number of halogens is 2. The van der Waals surface area contributed by atoms with Gasteiger partial charge in [0, 0.05) is 24.8 Å². The summed E-state index contributed by atoms with van der Waals surface area (Å²) in [4.78, 5) is 27.0. The molecule has 1 aromatic rings. The Bertz CT molecular complexity index is 594. The van der Waals surface area contributed by atoms with Crippen molar-refractivity contribution in [2.24, 2.45) is 0 Å². The molecule has 0 bridgehead atoms. The van der Waals surface area contributed by atoms with E-state index >= 15 is 0 Å². The van der Waals surface area contributed by atoms with Gasteiger partial charge in [-0.15, -0.1) is 12.4 Å². The number of benzene rings is 1. The van der Waals surface area contributed by atoms with Gasteiger partial charge in [-0.05, 0) is 45.0 Å². The van der Waals surface area contributed by atoms with Crippen molar-refractivity contribution in [1.29, 1.82) is 0 Å². The van der Waals surface area contributed by atoms with Crippen LogP contribution in [0.5, 0.6) is 0 Å². The zero-order valence-corrected chi connectivity index (χ0v) is 15.3. The van der Waals surface area contributed by atoms with E-state index in [1.165, 1.54) is 12.1 Å². The number of nitrogens with zero attached hydrogens (tertiary/aromatic N) is 2. The molecule has 1 atom stereocenters. The molecule has 2 N–H and O–H groups in total. The fourth-order valence-corrected chi connectivity index (χ4v) is 3.04. The molecule has 2 rings (SSSR count). The number of hydrogen-bond acceptors (Lipinski definition) is 4. The van der Waals surface area contributed by atoms with Crippen molar-refractivity contribution >= 4 is 30.0 Å². The fraction of sp³-hybridized carbons (Fsp3) is 0.529. The quantitative estimate of drug-likeness (QED) is 0.798. The summed E-state index contributed by atoms with van der Waals surface area (Å²) in [5, 5.41) is 11.6. The van der Waals surface area contributed by atoms with Crippen molar-refractivity contribution in [2.45, 2.75) is 31.8 Å². The van der Waals surface area contributed by atoms with Gasteiger partial charge in [0.25, 0.3) is 0 Å². The molecular weight excluding hydrogens is 349 g/mol. The van der Waals surface area contributed by atoms with Gasteiger partial charge in [-0.1, -0.05) is 6.07 Å². The van der Waals surface area contributed by atoms with Gasteiger partial charge in [0.05, 0.1) is 12.6 Å². The number of carboxylic acid groups (broad SMARTS) is 1. The van der Waals surface area contributed by atoms with Gasteiger partial charge in [0.1, 0.15) is 5.82 Å². The van der Waals surface area contributed by atoms with Gasteiger partial charge in [-0.25, -0.2) is 4.39 Å². The first-order valence-electron chi connectivity index (χ1n) is 8.09. The third-order valence-electron chi connectivity index (χ3n) is 4.53.